The van der Waals surface area contributed by atoms with Crippen LogP contribution in [0, 0.1) is 0 Å². The monoisotopic (exact) mass is 215 g/mol. The number of halogens is 2. The van der Waals surface area contributed by atoms with Crippen LogP contribution in [0.15, 0.2) is 30.3 Å². The summed E-state index contributed by atoms with van der Waals surface area (Å²) >= 11 is 0. The second-order valence-electron chi connectivity index (χ2n) is 3.37. The number of hydrogen-bond acceptors (Lipinski definition) is 2. The van der Waals surface area contributed by atoms with Crippen LogP contribution in [-0.2, 0) is 6.42 Å². The summed E-state index contributed by atoms with van der Waals surface area (Å²) in [6.45, 7) is -0.514. The fourth-order valence-electron chi connectivity index (χ4n) is 1.36. The molecule has 0 radical (unpaired) electrons. The Balaban J connectivity index is 2.40. The van der Waals surface area contributed by atoms with E-state index in [1.807, 2.05) is 30.3 Å². The van der Waals surface area contributed by atoms with Gasteiger partial charge in [-0.2, -0.15) is 0 Å². The lowest BCUT2D eigenvalue weighted by Gasteiger charge is -2.15. The van der Waals surface area contributed by atoms with Gasteiger partial charge in [-0.1, -0.05) is 30.3 Å². The van der Waals surface area contributed by atoms with Crippen molar-refractivity contribution in [2.24, 2.45) is 0 Å². The van der Waals surface area contributed by atoms with Gasteiger partial charge in [0.15, 0.2) is 0 Å². The molecule has 1 atom stereocenters. The molecule has 0 amide bonds. The summed E-state index contributed by atoms with van der Waals surface area (Å²) < 4.78 is 23.9. The van der Waals surface area contributed by atoms with Crippen molar-refractivity contribution in [3.05, 3.63) is 35.9 Å². The van der Waals surface area contributed by atoms with Crippen LogP contribution in [0.1, 0.15) is 5.56 Å². The highest BCUT2D eigenvalue weighted by molar-refractivity contribution is 5.15. The van der Waals surface area contributed by atoms with E-state index in [9.17, 15) is 8.78 Å². The molecule has 0 spiro atoms. The lowest BCUT2D eigenvalue weighted by atomic mass is 10.1. The molecule has 0 aliphatic carbocycles. The number of aliphatic hydroxyl groups excluding tert-OH is 1. The highest BCUT2D eigenvalue weighted by atomic mass is 19.3. The number of rotatable bonds is 6. The first-order chi connectivity index (χ1) is 7.22. The summed E-state index contributed by atoms with van der Waals surface area (Å²) in [5.41, 5.74) is 1.03. The zero-order chi connectivity index (χ0) is 11.1. The summed E-state index contributed by atoms with van der Waals surface area (Å²) in [5, 5.41) is 11.6. The van der Waals surface area contributed by atoms with Crippen molar-refractivity contribution < 1.29 is 13.9 Å². The van der Waals surface area contributed by atoms with Crippen LogP contribution in [0.4, 0.5) is 8.78 Å². The highest BCUT2D eigenvalue weighted by Gasteiger charge is 2.10. The van der Waals surface area contributed by atoms with Gasteiger partial charge in [0.1, 0.15) is 0 Å². The molecule has 0 saturated carbocycles. The van der Waals surface area contributed by atoms with E-state index in [0.29, 0.717) is 6.42 Å². The summed E-state index contributed by atoms with van der Waals surface area (Å²) in [6, 6.07) is 9.18. The maximum absolute atomic E-state index is 11.9. The number of alkyl halides is 2. The van der Waals surface area contributed by atoms with Crippen molar-refractivity contribution in [1.29, 1.82) is 0 Å². The molecule has 0 aliphatic rings. The molecular weight excluding hydrogens is 200 g/mol. The molecule has 4 heteroatoms. The molecule has 0 bridgehead atoms. The third kappa shape index (κ3) is 4.85. The van der Waals surface area contributed by atoms with Crippen molar-refractivity contribution in [2.75, 3.05) is 13.2 Å². The van der Waals surface area contributed by atoms with Crippen LogP contribution in [0.2, 0.25) is 0 Å². The van der Waals surface area contributed by atoms with Crippen molar-refractivity contribution in [3.8, 4) is 0 Å². The van der Waals surface area contributed by atoms with Crippen molar-refractivity contribution in [3.63, 3.8) is 0 Å². The summed E-state index contributed by atoms with van der Waals surface area (Å²) in [7, 11) is 0. The molecular formula is C11H15F2NO. The SMILES string of the molecule is OCC(Cc1ccccc1)NCC(F)F. The number of nitrogens with one attached hydrogen (secondary N) is 1. The van der Waals surface area contributed by atoms with Gasteiger partial charge in [0.25, 0.3) is 6.43 Å². The van der Waals surface area contributed by atoms with Crippen LogP contribution in [0.5, 0.6) is 0 Å². The smallest absolute Gasteiger partial charge is 0.250 e. The molecule has 1 aromatic carbocycles. The van der Waals surface area contributed by atoms with Gasteiger partial charge < -0.3 is 10.4 Å². The fourth-order valence-corrected chi connectivity index (χ4v) is 1.36. The predicted octanol–water partition coefficient (Wildman–Crippen LogP) is 1.44. The lowest BCUT2D eigenvalue weighted by molar-refractivity contribution is 0.133. The van der Waals surface area contributed by atoms with E-state index < -0.39 is 6.43 Å². The van der Waals surface area contributed by atoms with E-state index >= 15 is 0 Å². The van der Waals surface area contributed by atoms with Crippen LogP contribution in [0.3, 0.4) is 0 Å². The predicted molar refractivity (Wildman–Crippen MR) is 55.0 cm³/mol. The first-order valence-corrected chi connectivity index (χ1v) is 4.88. The summed E-state index contributed by atoms with van der Waals surface area (Å²) in [5.74, 6) is 0. The van der Waals surface area contributed by atoms with Gasteiger partial charge in [-0.3, -0.25) is 0 Å². The van der Waals surface area contributed by atoms with Gasteiger partial charge in [0.2, 0.25) is 0 Å². The second-order valence-corrected chi connectivity index (χ2v) is 3.37. The third-order valence-corrected chi connectivity index (χ3v) is 2.11. The van der Waals surface area contributed by atoms with Crippen molar-refractivity contribution in [1.82, 2.24) is 5.32 Å². The standard InChI is InChI=1S/C11H15F2NO/c12-11(13)7-14-10(8-15)6-9-4-2-1-3-5-9/h1-5,10-11,14-15H,6-8H2. The minimum atomic E-state index is -2.38. The molecule has 1 rings (SSSR count). The van der Waals surface area contributed by atoms with E-state index in [0.717, 1.165) is 5.56 Å². The molecule has 0 saturated heterocycles. The van der Waals surface area contributed by atoms with Gasteiger partial charge in [-0.05, 0) is 12.0 Å². The summed E-state index contributed by atoms with van der Waals surface area (Å²) in [4.78, 5) is 0. The maximum atomic E-state index is 11.9. The highest BCUT2D eigenvalue weighted by Crippen LogP contribution is 2.03. The molecule has 0 aromatic heterocycles. The Kier molecular flexibility index (Phi) is 5.21. The third-order valence-electron chi connectivity index (χ3n) is 2.11. The van der Waals surface area contributed by atoms with Gasteiger partial charge in [-0.15, -0.1) is 0 Å². The van der Waals surface area contributed by atoms with E-state index in [1.165, 1.54) is 0 Å². The minimum absolute atomic E-state index is 0.137. The average molecular weight is 215 g/mol. The average Bonchev–Trinajstić information content (AvgIpc) is 2.25. The van der Waals surface area contributed by atoms with Crippen LogP contribution < -0.4 is 5.32 Å². The number of aliphatic hydroxyl groups is 1. The van der Waals surface area contributed by atoms with Crippen molar-refractivity contribution in [2.45, 2.75) is 18.9 Å². The Labute approximate surface area is 87.9 Å². The molecule has 0 heterocycles. The quantitative estimate of drug-likeness (QED) is 0.752. The Hall–Kier alpha value is -1.00. The number of hydrogen-bond donors (Lipinski definition) is 2. The van der Waals surface area contributed by atoms with Gasteiger partial charge in [0, 0.05) is 6.04 Å². The molecule has 2 N–H and O–H groups in total. The Morgan fingerprint density at radius 2 is 1.87 bits per heavy atom. The number of benzene rings is 1. The molecule has 1 unspecified atom stereocenters. The lowest BCUT2D eigenvalue weighted by Crippen LogP contribution is -2.37. The van der Waals surface area contributed by atoms with Crippen LogP contribution in [0.25, 0.3) is 0 Å². The second kappa shape index (κ2) is 6.48. The molecule has 2 nitrogen and oxygen atoms in total. The first-order valence-electron chi connectivity index (χ1n) is 4.88. The molecule has 15 heavy (non-hydrogen) atoms. The molecule has 0 fully saturated rings. The normalized spacial score (nSPS) is 13.1. The van der Waals surface area contributed by atoms with E-state index in [1.54, 1.807) is 0 Å². The fraction of sp³-hybridized carbons (Fsp3) is 0.455. The van der Waals surface area contributed by atoms with E-state index in [4.69, 9.17) is 5.11 Å². The van der Waals surface area contributed by atoms with Crippen molar-refractivity contribution >= 4 is 0 Å². The van der Waals surface area contributed by atoms with Gasteiger partial charge in [-0.25, -0.2) is 8.78 Å². The zero-order valence-corrected chi connectivity index (χ0v) is 8.37. The van der Waals surface area contributed by atoms with Crippen LogP contribution in [-0.4, -0.2) is 30.7 Å². The van der Waals surface area contributed by atoms with Crippen LogP contribution >= 0.6 is 0 Å². The Morgan fingerprint density at radius 1 is 1.20 bits per heavy atom. The van der Waals surface area contributed by atoms with Gasteiger partial charge in [0.05, 0.1) is 13.2 Å². The summed E-state index contributed by atoms with van der Waals surface area (Å²) in [6.07, 6.45) is -1.82. The first kappa shape index (κ1) is 12.1. The molecule has 84 valence electrons. The topological polar surface area (TPSA) is 32.3 Å². The van der Waals surface area contributed by atoms with Gasteiger partial charge >= 0.3 is 0 Å². The molecule has 0 aliphatic heterocycles. The van der Waals surface area contributed by atoms with E-state index in [-0.39, 0.29) is 19.2 Å². The maximum Gasteiger partial charge on any atom is 0.250 e. The zero-order valence-electron chi connectivity index (χ0n) is 8.37. The Morgan fingerprint density at radius 3 is 2.40 bits per heavy atom. The minimum Gasteiger partial charge on any atom is -0.395 e. The largest absolute Gasteiger partial charge is 0.395 e. The molecule has 1 aromatic rings. The van der Waals surface area contributed by atoms with E-state index in [2.05, 4.69) is 5.32 Å². The Bertz CT molecular complexity index is 267.